The van der Waals surface area contributed by atoms with E-state index < -0.39 is 0 Å². The van der Waals surface area contributed by atoms with Crippen molar-refractivity contribution in [2.45, 2.75) is 12.6 Å². The van der Waals surface area contributed by atoms with Crippen molar-refractivity contribution in [1.82, 2.24) is 35.0 Å². The van der Waals surface area contributed by atoms with Crippen molar-refractivity contribution in [3.63, 3.8) is 0 Å². The number of methoxy groups -OCH3 is 1. The van der Waals surface area contributed by atoms with E-state index in [1.54, 1.807) is 39.5 Å². The highest BCUT2D eigenvalue weighted by Crippen LogP contribution is 2.27. The van der Waals surface area contributed by atoms with Gasteiger partial charge in [0.25, 0.3) is 0 Å². The van der Waals surface area contributed by atoms with E-state index in [4.69, 9.17) is 4.74 Å². The molecule has 22 heavy (non-hydrogen) atoms. The molecule has 0 fully saturated rings. The SMILES string of the molecule is COCCn1nnnc1C(Nc1cnn(C)c1)c1cncs1. The van der Waals surface area contributed by atoms with Crippen molar-refractivity contribution >= 4 is 17.0 Å². The van der Waals surface area contributed by atoms with E-state index in [1.165, 1.54) is 0 Å². The van der Waals surface area contributed by atoms with Crippen LogP contribution in [0.25, 0.3) is 0 Å². The van der Waals surface area contributed by atoms with Crippen LogP contribution in [0.15, 0.2) is 24.1 Å². The summed E-state index contributed by atoms with van der Waals surface area (Å²) in [5.74, 6) is 0.713. The number of hydrogen-bond donors (Lipinski definition) is 1. The van der Waals surface area contributed by atoms with Gasteiger partial charge < -0.3 is 10.1 Å². The Morgan fingerprint density at radius 1 is 1.41 bits per heavy atom. The van der Waals surface area contributed by atoms with Gasteiger partial charge in [-0.3, -0.25) is 9.67 Å². The highest BCUT2D eigenvalue weighted by molar-refractivity contribution is 7.09. The molecular formula is C12H16N8OS. The van der Waals surface area contributed by atoms with Crippen LogP contribution in [-0.4, -0.2) is 48.7 Å². The molecule has 0 bridgehead atoms. The third-order valence-corrected chi connectivity index (χ3v) is 3.92. The van der Waals surface area contributed by atoms with Gasteiger partial charge in [0.1, 0.15) is 6.04 Å². The Kier molecular flexibility index (Phi) is 4.39. The third-order valence-electron chi connectivity index (χ3n) is 3.08. The summed E-state index contributed by atoms with van der Waals surface area (Å²) in [4.78, 5) is 5.17. The zero-order valence-electron chi connectivity index (χ0n) is 12.2. The first-order valence-electron chi connectivity index (χ1n) is 6.66. The van der Waals surface area contributed by atoms with Gasteiger partial charge in [0, 0.05) is 26.6 Å². The first-order chi connectivity index (χ1) is 10.8. The summed E-state index contributed by atoms with van der Waals surface area (Å²) < 4.78 is 8.57. The van der Waals surface area contributed by atoms with Crippen LogP contribution in [0, 0.1) is 0 Å². The lowest BCUT2D eigenvalue weighted by atomic mass is 10.2. The average Bonchev–Trinajstić information content (AvgIpc) is 3.24. The molecule has 1 N–H and O–H groups in total. The lowest BCUT2D eigenvalue weighted by Crippen LogP contribution is -2.19. The Morgan fingerprint density at radius 3 is 3.00 bits per heavy atom. The number of anilines is 1. The monoisotopic (exact) mass is 320 g/mol. The van der Waals surface area contributed by atoms with Crippen LogP contribution in [0.4, 0.5) is 5.69 Å². The largest absolute Gasteiger partial charge is 0.383 e. The molecular weight excluding hydrogens is 304 g/mol. The molecule has 3 aromatic heterocycles. The maximum atomic E-state index is 5.10. The van der Waals surface area contributed by atoms with Gasteiger partial charge in [0.15, 0.2) is 5.82 Å². The van der Waals surface area contributed by atoms with Gasteiger partial charge in [0.05, 0.1) is 35.4 Å². The molecule has 0 aliphatic rings. The van der Waals surface area contributed by atoms with Gasteiger partial charge in [-0.25, -0.2) is 4.68 Å². The fourth-order valence-electron chi connectivity index (χ4n) is 2.05. The second-order valence-electron chi connectivity index (χ2n) is 4.64. The van der Waals surface area contributed by atoms with E-state index in [9.17, 15) is 0 Å². The normalized spacial score (nSPS) is 12.5. The number of thiazole rings is 1. The van der Waals surface area contributed by atoms with Crippen molar-refractivity contribution in [2.24, 2.45) is 7.05 Å². The fraction of sp³-hybridized carbons (Fsp3) is 0.417. The number of aryl methyl sites for hydroxylation is 1. The van der Waals surface area contributed by atoms with Crippen LogP contribution in [0.3, 0.4) is 0 Å². The molecule has 9 nitrogen and oxygen atoms in total. The molecule has 0 aromatic carbocycles. The third kappa shape index (κ3) is 3.12. The summed E-state index contributed by atoms with van der Waals surface area (Å²) in [6, 6.07) is -0.191. The van der Waals surface area contributed by atoms with Gasteiger partial charge in [-0.1, -0.05) is 0 Å². The summed E-state index contributed by atoms with van der Waals surface area (Å²) in [6.07, 6.45) is 5.47. The van der Waals surface area contributed by atoms with Gasteiger partial charge in [-0.2, -0.15) is 5.10 Å². The zero-order chi connectivity index (χ0) is 15.4. The van der Waals surface area contributed by atoms with Gasteiger partial charge in [-0.15, -0.1) is 16.4 Å². The van der Waals surface area contributed by atoms with Crippen LogP contribution in [0.5, 0.6) is 0 Å². The molecule has 0 radical (unpaired) electrons. The van der Waals surface area contributed by atoms with Crippen LogP contribution in [0.1, 0.15) is 16.7 Å². The molecule has 0 saturated carbocycles. The Hall–Kier alpha value is -2.33. The molecule has 0 aliphatic heterocycles. The predicted molar refractivity (Wildman–Crippen MR) is 80.5 cm³/mol. The number of ether oxygens (including phenoxy) is 1. The van der Waals surface area contributed by atoms with Crippen molar-refractivity contribution in [3.05, 3.63) is 34.8 Å². The Balaban J connectivity index is 1.90. The van der Waals surface area contributed by atoms with Crippen molar-refractivity contribution in [1.29, 1.82) is 0 Å². The molecule has 0 spiro atoms. The van der Waals surface area contributed by atoms with E-state index in [0.29, 0.717) is 19.0 Å². The molecule has 3 rings (SSSR count). The number of aromatic nitrogens is 7. The van der Waals surface area contributed by atoms with Gasteiger partial charge in [-0.05, 0) is 10.4 Å². The summed E-state index contributed by atoms with van der Waals surface area (Å²) in [5, 5.41) is 19.5. The molecule has 116 valence electrons. The molecule has 0 aliphatic carbocycles. The van der Waals surface area contributed by atoms with Crippen molar-refractivity contribution < 1.29 is 4.74 Å². The van der Waals surface area contributed by atoms with Crippen LogP contribution in [0.2, 0.25) is 0 Å². The van der Waals surface area contributed by atoms with Crippen LogP contribution in [-0.2, 0) is 18.3 Å². The smallest absolute Gasteiger partial charge is 0.179 e. The Labute approximate surface area is 130 Å². The molecule has 1 unspecified atom stereocenters. The molecule has 3 heterocycles. The molecule has 10 heteroatoms. The van der Waals surface area contributed by atoms with Crippen molar-refractivity contribution in [3.8, 4) is 0 Å². The minimum absolute atomic E-state index is 0.191. The van der Waals surface area contributed by atoms with Crippen LogP contribution < -0.4 is 5.32 Å². The van der Waals surface area contributed by atoms with E-state index in [1.807, 2.05) is 19.4 Å². The first-order valence-corrected chi connectivity index (χ1v) is 7.54. The first kappa shape index (κ1) is 14.6. The molecule has 1 atom stereocenters. The number of hydrogen-bond acceptors (Lipinski definition) is 8. The second-order valence-corrected chi connectivity index (χ2v) is 5.55. The lowest BCUT2D eigenvalue weighted by Gasteiger charge is -2.16. The molecule has 0 saturated heterocycles. The predicted octanol–water partition coefficient (Wildman–Crippen LogP) is 0.711. The van der Waals surface area contributed by atoms with E-state index in [-0.39, 0.29) is 6.04 Å². The quantitative estimate of drug-likeness (QED) is 0.685. The number of tetrazole rings is 1. The number of nitrogens with one attached hydrogen (secondary N) is 1. The standard InChI is InChI=1S/C12H16N8OS/c1-19-7-9(5-14-19)15-11(10-6-13-8-22-10)12-16-17-18-20(12)3-4-21-2/h5-8,11,15H,3-4H2,1-2H3. The molecule has 0 amide bonds. The zero-order valence-corrected chi connectivity index (χ0v) is 13.1. The molecule has 3 aromatic rings. The van der Waals surface area contributed by atoms with Gasteiger partial charge in [0.2, 0.25) is 0 Å². The van der Waals surface area contributed by atoms with Crippen molar-refractivity contribution in [2.75, 3.05) is 19.0 Å². The second kappa shape index (κ2) is 6.62. The van der Waals surface area contributed by atoms with E-state index in [0.717, 1.165) is 10.6 Å². The maximum Gasteiger partial charge on any atom is 0.179 e. The fourth-order valence-corrected chi connectivity index (χ4v) is 2.71. The highest BCUT2D eigenvalue weighted by atomic mass is 32.1. The topological polar surface area (TPSA) is 95.6 Å². The van der Waals surface area contributed by atoms with Gasteiger partial charge >= 0.3 is 0 Å². The minimum Gasteiger partial charge on any atom is -0.383 e. The summed E-state index contributed by atoms with van der Waals surface area (Å²) in [5.41, 5.74) is 2.68. The summed E-state index contributed by atoms with van der Waals surface area (Å²) >= 11 is 1.55. The highest BCUT2D eigenvalue weighted by Gasteiger charge is 2.23. The maximum absolute atomic E-state index is 5.10. The summed E-state index contributed by atoms with van der Waals surface area (Å²) in [6.45, 7) is 1.13. The van der Waals surface area contributed by atoms with E-state index >= 15 is 0 Å². The van der Waals surface area contributed by atoms with E-state index in [2.05, 4.69) is 30.9 Å². The lowest BCUT2D eigenvalue weighted by molar-refractivity contribution is 0.181. The Bertz CT molecular complexity index is 706. The minimum atomic E-state index is -0.191. The number of rotatable bonds is 7. The Morgan fingerprint density at radius 2 is 2.32 bits per heavy atom. The van der Waals surface area contributed by atoms with Crippen LogP contribution >= 0.6 is 11.3 Å². The summed E-state index contributed by atoms with van der Waals surface area (Å²) in [7, 11) is 3.52. The number of nitrogens with zero attached hydrogens (tertiary/aromatic N) is 7. The average molecular weight is 320 g/mol.